The van der Waals surface area contributed by atoms with Crippen LogP contribution in [0.2, 0.25) is 23.3 Å². The van der Waals surface area contributed by atoms with Crippen LogP contribution in [0.15, 0.2) is 48.7 Å². The Morgan fingerprint density at radius 1 is 1.16 bits per heavy atom. The summed E-state index contributed by atoms with van der Waals surface area (Å²) in [6, 6.07) is 14.2. The van der Waals surface area contributed by atoms with Gasteiger partial charge in [-0.05, 0) is 59.6 Å². The Kier molecular flexibility index (Phi) is 7.33. The van der Waals surface area contributed by atoms with E-state index in [0.717, 1.165) is 39.6 Å². The van der Waals surface area contributed by atoms with E-state index in [1.165, 1.54) is 0 Å². The minimum atomic E-state index is -2.05. The Morgan fingerprint density at radius 3 is 2.58 bits per heavy atom. The molecule has 202 valence electrons. The summed E-state index contributed by atoms with van der Waals surface area (Å²) in [6.45, 7) is 13.0. The zero-order valence-corrected chi connectivity index (χ0v) is 25.0. The van der Waals surface area contributed by atoms with Crippen molar-refractivity contribution < 1.29 is 14.0 Å². The fourth-order valence-electron chi connectivity index (χ4n) is 5.39. The Bertz CT molecular complexity index is 1340. The van der Waals surface area contributed by atoms with Crippen LogP contribution in [-0.4, -0.2) is 63.2 Å². The number of anilines is 1. The molecule has 0 N–H and O–H groups in total. The highest BCUT2D eigenvalue weighted by molar-refractivity contribution is 6.74. The first kappa shape index (κ1) is 27.1. The zero-order chi connectivity index (χ0) is 27.2. The maximum atomic E-state index is 14.2. The minimum Gasteiger partial charge on any atom is -0.409 e. The molecule has 1 fully saturated rings. The Morgan fingerprint density at radius 2 is 1.89 bits per heavy atom. The highest BCUT2D eigenvalue weighted by Crippen LogP contribution is 2.41. The van der Waals surface area contributed by atoms with Crippen LogP contribution in [0.1, 0.15) is 48.7 Å². The van der Waals surface area contributed by atoms with Crippen molar-refractivity contribution in [3.05, 3.63) is 70.5 Å². The smallest absolute Gasteiger partial charge is 0.257 e. The summed E-state index contributed by atoms with van der Waals surface area (Å²) >= 11 is 6.02. The van der Waals surface area contributed by atoms with Crippen LogP contribution in [0, 0.1) is 0 Å². The van der Waals surface area contributed by atoms with Gasteiger partial charge in [0, 0.05) is 25.2 Å². The van der Waals surface area contributed by atoms with Crippen LogP contribution >= 0.6 is 11.6 Å². The molecule has 8 heteroatoms. The Hall–Kier alpha value is -2.45. The average molecular weight is 552 g/mol. The molecular weight excluding hydrogens is 514 g/mol. The SMILES string of the molecule is CN1CN([C@H]2CCOC[C@@H]2O[Si](C)(C)C(C)(C)C)C(=O)c2cc(Cc3ccc(Cl)nc3)c3ccccc3c21. The second-order valence-electron chi connectivity index (χ2n) is 12.1. The largest absolute Gasteiger partial charge is 0.409 e. The minimum absolute atomic E-state index is 0.0311. The van der Waals surface area contributed by atoms with Crippen molar-refractivity contribution in [2.24, 2.45) is 0 Å². The lowest BCUT2D eigenvalue weighted by Crippen LogP contribution is -2.60. The van der Waals surface area contributed by atoms with Gasteiger partial charge in [-0.15, -0.1) is 0 Å². The molecule has 0 unspecified atom stereocenters. The summed E-state index contributed by atoms with van der Waals surface area (Å²) in [4.78, 5) is 22.7. The topological polar surface area (TPSA) is 54.9 Å². The van der Waals surface area contributed by atoms with Gasteiger partial charge in [-0.25, -0.2) is 4.98 Å². The van der Waals surface area contributed by atoms with E-state index in [9.17, 15) is 4.79 Å². The van der Waals surface area contributed by atoms with E-state index >= 15 is 0 Å². The quantitative estimate of drug-likeness (QED) is 0.267. The van der Waals surface area contributed by atoms with Crippen LogP contribution in [-0.2, 0) is 15.6 Å². The van der Waals surface area contributed by atoms with Crippen LogP contribution in [0.25, 0.3) is 10.8 Å². The highest BCUT2D eigenvalue weighted by atomic mass is 35.5. The number of nitrogens with zero attached hydrogens (tertiary/aromatic N) is 3. The number of hydrogen-bond acceptors (Lipinski definition) is 5. The fraction of sp³-hybridized carbons (Fsp3) is 0.467. The fourth-order valence-corrected chi connectivity index (χ4v) is 6.83. The number of hydrogen-bond donors (Lipinski definition) is 0. The van der Waals surface area contributed by atoms with E-state index in [-0.39, 0.29) is 23.1 Å². The first-order valence-electron chi connectivity index (χ1n) is 13.4. The van der Waals surface area contributed by atoms with E-state index < -0.39 is 8.32 Å². The number of fused-ring (bicyclic) bond motifs is 3. The van der Waals surface area contributed by atoms with Crippen LogP contribution in [0.4, 0.5) is 5.69 Å². The van der Waals surface area contributed by atoms with Crippen molar-refractivity contribution >= 4 is 42.3 Å². The second kappa shape index (κ2) is 10.3. The van der Waals surface area contributed by atoms with Crippen molar-refractivity contribution in [2.75, 3.05) is 31.8 Å². The molecule has 0 radical (unpaired) electrons. The van der Waals surface area contributed by atoms with E-state index in [4.69, 9.17) is 20.8 Å². The summed E-state index contributed by atoms with van der Waals surface area (Å²) in [5, 5.41) is 2.80. The molecule has 3 heterocycles. The number of amides is 1. The maximum Gasteiger partial charge on any atom is 0.257 e. The molecule has 5 rings (SSSR count). The number of carbonyl (C=O) groups excluding carboxylic acids is 1. The highest BCUT2D eigenvalue weighted by Gasteiger charge is 2.45. The van der Waals surface area contributed by atoms with Crippen LogP contribution in [0.5, 0.6) is 0 Å². The Labute approximate surface area is 232 Å². The van der Waals surface area contributed by atoms with Gasteiger partial charge in [0.1, 0.15) is 5.15 Å². The molecule has 2 aliphatic rings. The Balaban J connectivity index is 1.53. The predicted octanol–water partition coefficient (Wildman–Crippen LogP) is 6.51. The molecule has 0 spiro atoms. The average Bonchev–Trinajstić information content (AvgIpc) is 2.87. The van der Waals surface area contributed by atoms with E-state index in [1.54, 1.807) is 0 Å². The molecular formula is C30H38ClN3O3Si. The lowest BCUT2D eigenvalue weighted by molar-refractivity contribution is -0.0514. The van der Waals surface area contributed by atoms with Gasteiger partial charge in [-0.2, -0.15) is 0 Å². The first-order valence-corrected chi connectivity index (χ1v) is 16.7. The molecule has 1 aromatic heterocycles. The van der Waals surface area contributed by atoms with Crippen LogP contribution < -0.4 is 4.90 Å². The maximum absolute atomic E-state index is 14.2. The molecule has 3 aromatic rings. The van der Waals surface area contributed by atoms with Crippen molar-refractivity contribution in [1.29, 1.82) is 0 Å². The van der Waals surface area contributed by atoms with Crippen molar-refractivity contribution in [3.63, 3.8) is 0 Å². The first-order chi connectivity index (χ1) is 18.0. The molecule has 2 atom stereocenters. The summed E-state index contributed by atoms with van der Waals surface area (Å²) in [5.74, 6) is 0.0649. The molecule has 6 nitrogen and oxygen atoms in total. The summed E-state index contributed by atoms with van der Waals surface area (Å²) in [5.41, 5.74) is 3.90. The third-order valence-corrected chi connectivity index (χ3v) is 13.2. The molecule has 0 bridgehead atoms. The number of aromatic nitrogens is 1. The molecule has 1 amide bonds. The zero-order valence-electron chi connectivity index (χ0n) is 23.3. The third-order valence-electron chi connectivity index (χ3n) is 8.44. The molecule has 1 saturated heterocycles. The van der Waals surface area contributed by atoms with Gasteiger partial charge in [0.15, 0.2) is 8.32 Å². The lowest BCUT2D eigenvalue weighted by atomic mass is 9.92. The number of benzene rings is 2. The molecule has 2 aliphatic heterocycles. The van der Waals surface area contributed by atoms with Gasteiger partial charge in [0.25, 0.3) is 5.91 Å². The number of rotatable bonds is 5. The number of ether oxygens (including phenoxy) is 1. The standard InChI is InChI=1S/C30H38ClN3O3Si/c1-30(2,3)38(5,6)37-26-18-36-14-13-25(26)34-19-33(4)28-23-10-8-7-9-22(23)21(16-24(28)29(34)35)15-20-11-12-27(31)32-17-20/h7-12,16-17,25-26H,13-15,18-19H2,1-6H3/t25-,26-/m0/s1. The van der Waals surface area contributed by atoms with E-state index in [2.05, 4.69) is 75.1 Å². The van der Waals surface area contributed by atoms with Crippen LogP contribution in [0.3, 0.4) is 0 Å². The second-order valence-corrected chi connectivity index (χ2v) is 17.2. The van der Waals surface area contributed by atoms with Crippen molar-refractivity contribution in [1.82, 2.24) is 9.88 Å². The third kappa shape index (κ3) is 5.09. The van der Waals surface area contributed by atoms with Gasteiger partial charge >= 0.3 is 0 Å². The predicted molar refractivity (Wildman–Crippen MR) is 157 cm³/mol. The van der Waals surface area contributed by atoms with Gasteiger partial charge in [0.2, 0.25) is 0 Å². The molecule has 38 heavy (non-hydrogen) atoms. The molecule has 0 saturated carbocycles. The van der Waals surface area contributed by atoms with Gasteiger partial charge in [-0.1, -0.05) is 62.7 Å². The lowest BCUT2D eigenvalue weighted by Gasteiger charge is -2.48. The van der Waals surface area contributed by atoms with Crippen molar-refractivity contribution in [2.45, 2.75) is 63.9 Å². The number of carbonyl (C=O) groups is 1. The normalized spacial score (nSPS) is 20.7. The summed E-state index contributed by atoms with van der Waals surface area (Å²) < 4.78 is 12.7. The monoisotopic (exact) mass is 551 g/mol. The van der Waals surface area contributed by atoms with E-state index in [1.807, 2.05) is 29.3 Å². The molecule has 0 aliphatic carbocycles. The van der Waals surface area contributed by atoms with Crippen molar-refractivity contribution in [3.8, 4) is 0 Å². The molecule has 2 aromatic carbocycles. The van der Waals surface area contributed by atoms with Gasteiger partial charge in [-0.3, -0.25) is 4.79 Å². The van der Waals surface area contributed by atoms with Gasteiger partial charge in [0.05, 0.1) is 36.7 Å². The summed E-state index contributed by atoms with van der Waals surface area (Å²) in [6.07, 6.45) is 3.11. The number of halogens is 1. The number of pyridine rings is 1. The summed E-state index contributed by atoms with van der Waals surface area (Å²) in [7, 11) is 0.0321. The van der Waals surface area contributed by atoms with Gasteiger partial charge < -0.3 is 19.0 Å². The van der Waals surface area contributed by atoms with E-state index in [0.29, 0.717) is 31.5 Å².